The molecule has 1 saturated heterocycles. The Hall–Kier alpha value is -2.73. The van der Waals surface area contributed by atoms with Crippen molar-refractivity contribution in [1.29, 1.82) is 0 Å². The molecule has 0 aromatic carbocycles. The first-order chi connectivity index (χ1) is 13.2. The number of nitrogens with one attached hydrogen (secondary N) is 3. The van der Waals surface area contributed by atoms with Crippen molar-refractivity contribution in [3.8, 4) is 0 Å². The van der Waals surface area contributed by atoms with Crippen LogP contribution in [-0.4, -0.2) is 34.6 Å². The van der Waals surface area contributed by atoms with E-state index < -0.39 is 0 Å². The van der Waals surface area contributed by atoms with Crippen LogP contribution in [0.4, 0.5) is 17.5 Å². The molecule has 0 unspecified atom stereocenters. The minimum atomic E-state index is 0.676. The quantitative estimate of drug-likeness (QED) is 0.641. The van der Waals surface area contributed by atoms with Crippen molar-refractivity contribution in [2.24, 2.45) is 5.92 Å². The van der Waals surface area contributed by atoms with E-state index in [2.05, 4.69) is 38.9 Å². The lowest BCUT2D eigenvalue weighted by molar-refractivity contribution is 0.389. The lowest BCUT2D eigenvalue weighted by Gasteiger charge is -2.23. The Morgan fingerprint density at radius 3 is 2.67 bits per heavy atom. The highest BCUT2D eigenvalue weighted by Gasteiger charge is 2.15. The maximum atomic E-state index is 4.85. The Kier molecular flexibility index (Phi) is 5.16. The summed E-state index contributed by atoms with van der Waals surface area (Å²) in [5.41, 5.74) is 2.16. The van der Waals surface area contributed by atoms with E-state index in [0.29, 0.717) is 5.92 Å². The number of pyridine rings is 3. The summed E-state index contributed by atoms with van der Waals surface area (Å²) in [4.78, 5) is 13.7. The van der Waals surface area contributed by atoms with E-state index in [1.807, 2.05) is 37.5 Å². The smallest absolute Gasteiger partial charge is 0.138 e. The lowest BCUT2D eigenvalue weighted by Crippen LogP contribution is -2.31. The zero-order chi connectivity index (χ0) is 18.6. The average molecular weight is 362 g/mol. The molecular formula is C21H26N6. The zero-order valence-electron chi connectivity index (χ0n) is 15.9. The number of piperidine rings is 1. The molecule has 1 fully saturated rings. The summed E-state index contributed by atoms with van der Waals surface area (Å²) in [5, 5.41) is 12.6. The van der Waals surface area contributed by atoms with Crippen LogP contribution < -0.4 is 16.0 Å². The van der Waals surface area contributed by atoms with Gasteiger partial charge in [-0.25, -0.2) is 9.97 Å². The van der Waals surface area contributed by atoms with Gasteiger partial charge in [0.25, 0.3) is 0 Å². The summed E-state index contributed by atoms with van der Waals surface area (Å²) < 4.78 is 0. The topological polar surface area (TPSA) is 74.8 Å². The van der Waals surface area contributed by atoms with Crippen LogP contribution in [0.1, 0.15) is 24.1 Å². The number of hydrogen-bond acceptors (Lipinski definition) is 6. The fourth-order valence-electron chi connectivity index (χ4n) is 3.62. The third-order valence-electron chi connectivity index (χ3n) is 5.12. The minimum Gasteiger partial charge on any atom is -0.369 e. The average Bonchev–Trinajstić information content (AvgIpc) is 2.67. The zero-order valence-corrected chi connectivity index (χ0v) is 15.9. The number of fused-ring (bicyclic) bond motifs is 1. The van der Waals surface area contributed by atoms with E-state index in [1.165, 1.54) is 12.8 Å². The molecule has 0 radical (unpaired) electrons. The van der Waals surface area contributed by atoms with Gasteiger partial charge in [-0.15, -0.1) is 0 Å². The molecule has 6 nitrogen and oxygen atoms in total. The second-order valence-electron chi connectivity index (χ2n) is 7.27. The standard InChI is InChI=1S/C21H26N6/c1-14-3-9-24-18(11-14)26-19-12-17-6-10-23-15(2)20(17)21(27-19)25-13-16-4-7-22-8-5-16/h3,6,9-12,16,22H,4-5,7-8,13H2,1-2H3,(H2,24,25,26,27). The number of hydrogen-bond donors (Lipinski definition) is 3. The number of anilines is 3. The second kappa shape index (κ2) is 7.88. The van der Waals surface area contributed by atoms with Crippen LogP contribution >= 0.6 is 0 Å². The largest absolute Gasteiger partial charge is 0.369 e. The van der Waals surface area contributed by atoms with Gasteiger partial charge in [-0.05, 0) is 80.9 Å². The Labute approximate surface area is 159 Å². The highest BCUT2D eigenvalue weighted by molar-refractivity contribution is 5.95. The van der Waals surface area contributed by atoms with Crippen molar-refractivity contribution in [1.82, 2.24) is 20.3 Å². The lowest BCUT2D eigenvalue weighted by atomic mass is 9.98. The van der Waals surface area contributed by atoms with Crippen molar-refractivity contribution in [3.05, 3.63) is 47.9 Å². The molecule has 6 heteroatoms. The Morgan fingerprint density at radius 1 is 1.04 bits per heavy atom. The molecule has 27 heavy (non-hydrogen) atoms. The molecule has 0 amide bonds. The van der Waals surface area contributed by atoms with Crippen molar-refractivity contribution >= 4 is 28.2 Å². The van der Waals surface area contributed by atoms with Crippen molar-refractivity contribution in [2.75, 3.05) is 30.3 Å². The van der Waals surface area contributed by atoms with E-state index in [0.717, 1.165) is 59.1 Å². The summed E-state index contributed by atoms with van der Waals surface area (Å²) >= 11 is 0. The van der Waals surface area contributed by atoms with Gasteiger partial charge in [-0.1, -0.05) is 0 Å². The molecule has 0 atom stereocenters. The monoisotopic (exact) mass is 362 g/mol. The third kappa shape index (κ3) is 4.17. The van der Waals surface area contributed by atoms with Gasteiger partial charge in [0.05, 0.1) is 0 Å². The number of rotatable bonds is 5. The SMILES string of the molecule is Cc1ccnc(Nc2cc3ccnc(C)c3c(NCC3CCNCC3)n2)c1. The molecule has 1 aliphatic heterocycles. The molecule has 0 bridgehead atoms. The maximum absolute atomic E-state index is 4.85. The van der Waals surface area contributed by atoms with Gasteiger partial charge >= 0.3 is 0 Å². The third-order valence-corrected chi connectivity index (χ3v) is 5.12. The molecule has 0 spiro atoms. The van der Waals surface area contributed by atoms with E-state index >= 15 is 0 Å². The molecule has 4 heterocycles. The number of aryl methyl sites for hydroxylation is 2. The molecule has 0 saturated carbocycles. The molecule has 3 aromatic heterocycles. The van der Waals surface area contributed by atoms with E-state index in [4.69, 9.17) is 4.98 Å². The molecule has 4 rings (SSSR count). The van der Waals surface area contributed by atoms with Crippen LogP contribution in [-0.2, 0) is 0 Å². The van der Waals surface area contributed by atoms with Gasteiger partial charge in [-0.3, -0.25) is 4.98 Å². The molecule has 3 aromatic rings. The van der Waals surface area contributed by atoms with Gasteiger partial charge in [0.1, 0.15) is 17.5 Å². The van der Waals surface area contributed by atoms with Crippen LogP contribution in [0.15, 0.2) is 36.7 Å². The molecule has 140 valence electrons. The summed E-state index contributed by atoms with van der Waals surface area (Å²) in [6, 6.07) is 8.10. The van der Waals surface area contributed by atoms with Gasteiger partial charge in [0.2, 0.25) is 0 Å². The van der Waals surface area contributed by atoms with Crippen molar-refractivity contribution < 1.29 is 0 Å². The predicted molar refractivity (Wildman–Crippen MR) is 111 cm³/mol. The van der Waals surface area contributed by atoms with E-state index in [-0.39, 0.29) is 0 Å². The first kappa shape index (κ1) is 17.7. The normalized spacial score (nSPS) is 15.0. The number of nitrogens with zero attached hydrogens (tertiary/aromatic N) is 3. The molecule has 1 aliphatic rings. The van der Waals surface area contributed by atoms with Gasteiger partial charge in [0.15, 0.2) is 0 Å². The van der Waals surface area contributed by atoms with Gasteiger partial charge in [-0.2, -0.15) is 0 Å². The fraction of sp³-hybridized carbons (Fsp3) is 0.381. The van der Waals surface area contributed by atoms with Crippen LogP contribution in [0.3, 0.4) is 0 Å². The van der Waals surface area contributed by atoms with Gasteiger partial charge < -0.3 is 16.0 Å². The van der Waals surface area contributed by atoms with Crippen LogP contribution in [0.2, 0.25) is 0 Å². The summed E-state index contributed by atoms with van der Waals surface area (Å²) in [7, 11) is 0. The second-order valence-corrected chi connectivity index (χ2v) is 7.27. The Balaban J connectivity index is 1.64. The molecule has 0 aliphatic carbocycles. The van der Waals surface area contributed by atoms with Crippen molar-refractivity contribution in [3.63, 3.8) is 0 Å². The van der Waals surface area contributed by atoms with Crippen LogP contribution in [0, 0.1) is 19.8 Å². The van der Waals surface area contributed by atoms with E-state index in [9.17, 15) is 0 Å². The Morgan fingerprint density at radius 2 is 1.85 bits per heavy atom. The summed E-state index contributed by atoms with van der Waals surface area (Å²) in [6.07, 6.45) is 6.06. The first-order valence-corrected chi connectivity index (χ1v) is 9.59. The predicted octanol–water partition coefficient (Wildman–Crippen LogP) is 3.80. The highest BCUT2D eigenvalue weighted by Crippen LogP contribution is 2.28. The van der Waals surface area contributed by atoms with E-state index in [1.54, 1.807) is 0 Å². The number of aromatic nitrogens is 3. The fourth-order valence-corrected chi connectivity index (χ4v) is 3.62. The Bertz CT molecular complexity index is 933. The van der Waals surface area contributed by atoms with Crippen molar-refractivity contribution in [2.45, 2.75) is 26.7 Å². The minimum absolute atomic E-state index is 0.676. The summed E-state index contributed by atoms with van der Waals surface area (Å²) in [5.74, 6) is 3.16. The van der Waals surface area contributed by atoms with Gasteiger partial charge in [0, 0.05) is 30.0 Å². The molecule has 3 N–H and O–H groups in total. The summed E-state index contributed by atoms with van der Waals surface area (Å²) in [6.45, 7) is 7.23. The maximum Gasteiger partial charge on any atom is 0.138 e. The molecular weight excluding hydrogens is 336 g/mol. The highest BCUT2D eigenvalue weighted by atomic mass is 15.1. The van der Waals surface area contributed by atoms with Crippen LogP contribution in [0.25, 0.3) is 10.8 Å². The van der Waals surface area contributed by atoms with Crippen LogP contribution in [0.5, 0.6) is 0 Å². The first-order valence-electron chi connectivity index (χ1n) is 9.59.